The van der Waals surface area contributed by atoms with Crippen LogP contribution in [0.25, 0.3) is 0 Å². The number of hydrogen-bond donors (Lipinski definition) is 0. The molecule has 9 heavy (non-hydrogen) atoms. The molecule has 1 aliphatic rings. The number of likely N-dealkylation sites (N-methyl/N-ethyl adjacent to an activating group) is 1. The van der Waals surface area contributed by atoms with E-state index in [1.54, 1.807) is 0 Å². The highest BCUT2D eigenvalue weighted by Gasteiger charge is 2.27. The van der Waals surface area contributed by atoms with Crippen LogP contribution in [0.3, 0.4) is 0 Å². The van der Waals surface area contributed by atoms with Crippen LogP contribution in [0.15, 0.2) is 0 Å². The van der Waals surface area contributed by atoms with Gasteiger partial charge in [0, 0.05) is 0 Å². The number of nitrogens with zero attached hydrogens (tertiary/aromatic N) is 1. The monoisotopic (exact) mass is 149 g/mol. The van der Waals surface area contributed by atoms with Crippen LogP contribution in [0.4, 0.5) is 0 Å². The smallest absolute Gasteiger partial charge is 0.0747 e. The third-order valence-electron chi connectivity index (χ3n) is 1.65. The summed E-state index contributed by atoms with van der Waals surface area (Å²) < 4.78 is 5.16. The Kier molecular flexibility index (Phi) is 2.33. The minimum atomic E-state index is 0.181. The summed E-state index contributed by atoms with van der Waals surface area (Å²) in [4.78, 5) is 2.10. The van der Waals surface area contributed by atoms with Crippen LogP contribution in [0.2, 0.25) is 0 Å². The van der Waals surface area contributed by atoms with Crippen molar-refractivity contribution in [2.75, 3.05) is 27.3 Å². The molecule has 54 valence electrons. The van der Waals surface area contributed by atoms with Crippen molar-refractivity contribution in [1.29, 1.82) is 0 Å². The largest absolute Gasteiger partial charge is 0.378 e. The molecule has 1 aliphatic heterocycles. The fourth-order valence-electron chi connectivity index (χ4n) is 0.989. The quantitative estimate of drug-likeness (QED) is 0.505. The number of halogens is 1. The van der Waals surface area contributed by atoms with E-state index in [1.807, 2.05) is 14.1 Å². The Bertz CT molecular complexity index is 97.1. The third-order valence-corrected chi connectivity index (χ3v) is 2.06. The molecular weight excluding hydrogens is 138 g/mol. The highest BCUT2D eigenvalue weighted by molar-refractivity contribution is 6.21. The molecule has 0 aromatic heterocycles. The Morgan fingerprint density at radius 2 is 2.11 bits per heavy atom. The first-order chi connectivity index (χ1) is 4.22. The second-order valence-corrected chi connectivity index (χ2v) is 3.14. The summed E-state index contributed by atoms with van der Waals surface area (Å²) in [5.74, 6) is 0. The molecule has 0 amide bonds. The third kappa shape index (κ3) is 1.57. The lowest BCUT2D eigenvalue weighted by Gasteiger charge is -2.19. The van der Waals surface area contributed by atoms with Crippen molar-refractivity contribution in [3.05, 3.63) is 0 Å². The van der Waals surface area contributed by atoms with E-state index < -0.39 is 0 Å². The molecule has 0 spiro atoms. The molecule has 0 N–H and O–H groups in total. The van der Waals surface area contributed by atoms with Gasteiger partial charge in [0.1, 0.15) is 0 Å². The normalized spacial score (nSPS) is 36.0. The van der Waals surface area contributed by atoms with Gasteiger partial charge in [-0.15, -0.1) is 11.6 Å². The molecule has 2 nitrogen and oxygen atoms in total. The molecule has 0 aliphatic carbocycles. The van der Waals surface area contributed by atoms with E-state index in [9.17, 15) is 0 Å². The van der Waals surface area contributed by atoms with Gasteiger partial charge in [-0.05, 0) is 14.1 Å². The van der Waals surface area contributed by atoms with Gasteiger partial charge in [-0.3, -0.25) is 0 Å². The van der Waals surface area contributed by atoms with Crippen molar-refractivity contribution in [2.24, 2.45) is 0 Å². The second kappa shape index (κ2) is 2.86. The average Bonchev–Trinajstić information content (AvgIpc) is 2.13. The highest BCUT2D eigenvalue weighted by Crippen LogP contribution is 2.15. The Morgan fingerprint density at radius 3 is 2.33 bits per heavy atom. The summed E-state index contributed by atoms with van der Waals surface area (Å²) in [6.07, 6.45) is 0. The molecule has 1 fully saturated rings. The van der Waals surface area contributed by atoms with Gasteiger partial charge in [-0.1, -0.05) is 0 Å². The molecule has 1 rings (SSSR count). The Hall–Kier alpha value is 0.210. The average molecular weight is 150 g/mol. The molecule has 0 saturated carbocycles. The van der Waals surface area contributed by atoms with Gasteiger partial charge in [0.2, 0.25) is 0 Å². The van der Waals surface area contributed by atoms with E-state index in [2.05, 4.69) is 4.90 Å². The molecule has 1 saturated heterocycles. The molecule has 0 aromatic rings. The van der Waals surface area contributed by atoms with Crippen molar-refractivity contribution < 1.29 is 4.74 Å². The van der Waals surface area contributed by atoms with Crippen LogP contribution in [0, 0.1) is 0 Å². The van der Waals surface area contributed by atoms with Gasteiger partial charge in [-0.25, -0.2) is 0 Å². The first-order valence-electron chi connectivity index (χ1n) is 3.10. The molecule has 0 unspecified atom stereocenters. The van der Waals surface area contributed by atoms with Crippen LogP contribution in [0.5, 0.6) is 0 Å². The van der Waals surface area contributed by atoms with Gasteiger partial charge in [0.05, 0.1) is 24.6 Å². The van der Waals surface area contributed by atoms with Crippen LogP contribution in [-0.2, 0) is 4.74 Å². The maximum atomic E-state index is 5.91. The molecule has 0 aromatic carbocycles. The molecule has 3 heteroatoms. The van der Waals surface area contributed by atoms with E-state index in [0.29, 0.717) is 12.6 Å². The number of ether oxygens (including phenoxy) is 1. The van der Waals surface area contributed by atoms with Crippen molar-refractivity contribution >= 4 is 11.6 Å². The van der Waals surface area contributed by atoms with Gasteiger partial charge in [0.15, 0.2) is 0 Å². The predicted octanol–water partition coefficient (Wildman–Crippen LogP) is 0.554. The van der Waals surface area contributed by atoms with Gasteiger partial charge < -0.3 is 9.64 Å². The van der Waals surface area contributed by atoms with Crippen LogP contribution in [-0.4, -0.2) is 43.6 Å². The lowest BCUT2D eigenvalue weighted by molar-refractivity contribution is 0.170. The SMILES string of the molecule is CN(C)[C@H]1COC[C@@H]1Cl. The first kappa shape index (κ1) is 7.32. The summed E-state index contributed by atoms with van der Waals surface area (Å²) in [7, 11) is 4.05. The number of hydrogen-bond acceptors (Lipinski definition) is 2. The maximum Gasteiger partial charge on any atom is 0.0747 e. The zero-order valence-electron chi connectivity index (χ0n) is 5.80. The van der Waals surface area contributed by atoms with Crippen molar-refractivity contribution in [2.45, 2.75) is 11.4 Å². The highest BCUT2D eigenvalue weighted by atomic mass is 35.5. The Labute approximate surface area is 60.7 Å². The van der Waals surface area contributed by atoms with Gasteiger partial charge in [0.25, 0.3) is 0 Å². The summed E-state index contributed by atoms with van der Waals surface area (Å²) >= 11 is 5.91. The first-order valence-corrected chi connectivity index (χ1v) is 3.53. The molecular formula is C6H12ClNO. The zero-order chi connectivity index (χ0) is 6.85. The Morgan fingerprint density at radius 1 is 1.44 bits per heavy atom. The van der Waals surface area contributed by atoms with Gasteiger partial charge in [-0.2, -0.15) is 0 Å². The molecule has 1 heterocycles. The molecule has 0 bridgehead atoms. The summed E-state index contributed by atoms with van der Waals surface area (Å²) in [6.45, 7) is 1.48. The van der Waals surface area contributed by atoms with E-state index in [4.69, 9.17) is 16.3 Å². The van der Waals surface area contributed by atoms with Gasteiger partial charge >= 0.3 is 0 Å². The fraction of sp³-hybridized carbons (Fsp3) is 1.00. The predicted molar refractivity (Wildman–Crippen MR) is 37.9 cm³/mol. The fourth-order valence-corrected chi connectivity index (χ4v) is 1.38. The number of rotatable bonds is 1. The second-order valence-electron chi connectivity index (χ2n) is 2.58. The maximum absolute atomic E-state index is 5.91. The summed E-state index contributed by atoms with van der Waals surface area (Å²) in [5.41, 5.74) is 0. The van der Waals surface area contributed by atoms with Crippen LogP contribution in [0.1, 0.15) is 0 Å². The topological polar surface area (TPSA) is 12.5 Å². The van der Waals surface area contributed by atoms with E-state index >= 15 is 0 Å². The minimum absolute atomic E-state index is 0.181. The molecule has 2 atom stereocenters. The van der Waals surface area contributed by atoms with Crippen molar-refractivity contribution in [3.63, 3.8) is 0 Å². The molecule has 0 radical (unpaired) electrons. The summed E-state index contributed by atoms with van der Waals surface area (Å²) in [6, 6.07) is 0.409. The van der Waals surface area contributed by atoms with Crippen molar-refractivity contribution in [1.82, 2.24) is 4.90 Å². The minimum Gasteiger partial charge on any atom is -0.378 e. The standard InChI is InChI=1S/C6H12ClNO/c1-8(2)6-4-9-3-5(6)7/h5-6H,3-4H2,1-2H3/t5-,6-/m0/s1. The Balaban J connectivity index is 2.40. The van der Waals surface area contributed by atoms with E-state index in [1.165, 1.54) is 0 Å². The number of alkyl halides is 1. The summed E-state index contributed by atoms with van der Waals surface area (Å²) in [5, 5.41) is 0.181. The van der Waals surface area contributed by atoms with Crippen LogP contribution < -0.4 is 0 Å². The van der Waals surface area contributed by atoms with E-state index in [-0.39, 0.29) is 5.38 Å². The zero-order valence-corrected chi connectivity index (χ0v) is 6.56. The van der Waals surface area contributed by atoms with Crippen molar-refractivity contribution in [3.8, 4) is 0 Å². The van der Waals surface area contributed by atoms with Crippen LogP contribution >= 0.6 is 11.6 Å². The van der Waals surface area contributed by atoms with E-state index in [0.717, 1.165) is 6.61 Å². The lowest BCUT2D eigenvalue weighted by atomic mass is 10.2. The lowest BCUT2D eigenvalue weighted by Crippen LogP contribution is -2.34.